The van der Waals surface area contributed by atoms with Gasteiger partial charge in [0.1, 0.15) is 4.90 Å². The lowest BCUT2D eigenvalue weighted by Crippen LogP contribution is -2.20. The van der Waals surface area contributed by atoms with Gasteiger partial charge in [-0.2, -0.15) is 5.10 Å². The van der Waals surface area contributed by atoms with Crippen LogP contribution in [0.2, 0.25) is 0 Å². The number of halogens is 1. The molecule has 5 nitrogen and oxygen atoms in total. The Morgan fingerprint density at radius 1 is 1.47 bits per heavy atom. The predicted octanol–water partition coefficient (Wildman–Crippen LogP) is 1.60. The molecule has 0 radical (unpaired) electrons. The lowest BCUT2D eigenvalue weighted by Gasteiger charge is -2.16. The van der Waals surface area contributed by atoms with E-state index >= 15 is 0 Å². The summed E-state index contributed by atoms with van der Waals surface area (Å²) in [7, 11) is -3.25. The number of hydrogen-bond acceptors (Lipinski definition) is 4. The summed E-state index contributed by atoms with van der Waals surface area (Å²) >= 11 is 3.40. The number of nitrogens with zero attached hydrogens (tertiary/aromatic N) is 2. The fraction of sp³-hybridized carbons (Fsp3) is 0.250. The molecule has 7 heteroatoms. The average molecular weight is 344 g/mol. The lowest BCUT2D eigenvalue weighted by atomic mass is 10.1. The van der Waals surface area contributed by atoms with Crippen molar-refractivity contribution in [2.75, 3.05) is 12.8 Å². The molecule has 2 rings (SSSR count). The minimum absolute atomic E-state index is 0.187. The van der Waals surface area contributed by atoms with E-state index in [1.807, 2.05) is 24.3 Å². The molecule has 0 aliphatic heterocycles. The van der Waals surface area contributed by atoms with Gasteiger partial charge in [0.05, 0.1) is 12.2 Å². The van der Waals surface area contributed by atoms with E-state index in [9.17, 15) is 8.42 Å². The van der Waals surface area contributed by atoms with Crippen molar-refractivity contribution >= 4 is 25.8 Å². The van der Waals surface area contributed by atoms with E-state index in [2.05, 4.69) is 21.0 Å². The summed E-state index contributed by atoms with van der Waals surface area (Å²) < 4.78 is 25.4. The van der Waals surface area contributed by atoms with Crippen LogP contribution in [-0.2, 0) is 9.84 Å². The van der Waals surface area contributed by atoms with Gasteiger partial charge in [-0.3, -0.25) is 4.68 Å². The van der Waals surface area contributed by atoms with Gasteiger partial charge < -0.3 is 5.73 Å². The Bertz CT molecular complexity index is 682. The van der Waals surface area contributed by atoms with Crippen molar-refractivity contribution in [2.45, 2.75) is 10.9 Å². The minimum Gasteiger partial charge on any atom is -0.328 e. The second-order valence-corrected chi connectivity index (χ2v) is 7.17. The van der Waals surface area contributed by atoms with Gasteiger partial charge in [-0.1, -0.05) is 28.1 Å². The largest absolute Gasteiger partial charge is 0.328 e. The highest BCUT2D eigenvalue weighted by Crippen LogP contribution is 2.21. The van der Waals surface area contributed by atoms with Crippen LogP contribution in [0, 0.1) is 0 Å². The molecule has 0 bridgehead atoms. The molecule has 1 unspecified atom stereocenters. The Balaban J connectivity index is 2.40. The highest BCUT2D eigenvalue weighted by atomic mass is 79.9. The Kier molecular flexibility index (Phi) is 4.07. The van der Waals surface area contributed by atoms with E-state index in [0.717, 1.165) is 16.3 Å². The molecule has 1 atom stereocenters. The molecule has 102 valence electrons. The third kappa shape index (κ3) is 3.23. The third-order valence-electron chi connectivity index (χ3n) is 2.78. The van der Waals surface area contributed by atoms with Gasteiger partial charge in [-0.25, -0.2) is 8.42 Å². The number of hydrogen-bond donors (Lipinski definition) is 1. The molecule has 0 aliphatic rings. The van der Waals surface area contributed by atoms with Crippen molar-refractivity contribution in [1.82, 2.24) is 9.78 Å². The zero-order chi connectivity index (χ0) is 14.0. The monoisotopic (exact) mass is 343 g/mol. The number of rotatable bonds is 4. The van der Waals surface area contributed by atoms with Crippen LogP contribution in [0.1, 0.15) is 11.6 Å². The van der Waals surface area contributed by atoms with E-state index in [4.69, 9.17) is 5.73 Å². The van der Waals surface area contributed by atoms with Crippen molar-refractivity contribution in [2.24, 2.45) is 5.73 Å². The van der Waals surface area contributed by atoms with Gasteiger partial charge in [0, 0.05) is 23.5 Å². The Morgan fingerprint density at radius 3 is 2.74 bits per heavy atom. The molecule has 0 aliphatic carbocycles. The first kappa shape index (κ1) is 14.2. The summed E-state index contributed by atoms with van der Waals surface area (Å²) in [5, 5.41) is 4.10. The third-order valence-corrected chi connectivity index (χ3v) is 4.34. The van der Waals surface area contributed by atoms with Crippen LogP contribution in [0.4, 0.5) is 0 Å². The molecule has 2 aromatic rings. The van der Waals surface area contributed by atoms with E-state index in [1.165, 1.54) is 12.4 Å². The smallest absolute Gasteiger partial charge is 0.178 e. The van der Waals surface area contributed by atoms with Gasteiger partial charge in [0.25, 0.3) is 0 Å². The molecule has 1 aromatic carbocycles. The zero-order valence-corrected chi connectivity index (χ0v) is 12.7. The fourth-order valence-corrected chi connectivity index (χ4v) is 2.75. The molecule has 0 fully saturated rings. The maximum atomic E-state index is 11.5. The Labute approximate surface area is 120 Å². The molecule has 0 saturated heterocycles. The van der Waals surface area contributed by atoms with Gasteiger partial charge in [-0.05, 0) is 17.7 Å². The van der Waals surface area contributed by atoms with Crippen molar-refractivity contribution in [3.05, 3.63) is 46.7 Å². The first-order valence-corrected chi connectivity index (χ1v) is 8.30. The second-order valence-electron chi connectivity index (χ2n) is 4.23. The van der Waals surface area contributed by atoms with E-state index in [1.54, 1.807) is 4.68 Å². The van der Waals surface area contributed by atoms with Crippen molar-refractivity contribution in [1.29, 1.82) is 0 Å². The predicted molar refractivity (Wildman–Crippen MR) is 76.7 cm³/mol. The van der Waals surface area contributed by atoms with Crippen LogP contribution in [0.25, 0.3) is 0 Å². The summed E-state index contributed by atoms with van der Waals surface area (Å²) in [6.45, 7) is 0.335. The Hall–Kier alpha value is -1.18. The normalized spacial score (nSPS) is 13.4. The molecule has 1 heterocycles. The molecule has 0 amide bonds. The molecule has 0 saturated carbocycles. The lowest BCUT2D eigenvalue weighted by molar-refractivity contribution is 0.530. The van der Waals surface area contributed by atoms with E-state index in [-0.39, 0.29) is 10.9 Å². The molecular formula is C12H14BrN3O2S. The van der Waals surface area contributed by atoms with E-state index in [0.29, 0.717) is 6.54 Å². The zero-order valence-electron chi connectivity index (χ0n) is 10.3. The number of benzene rings is 1. The van der Waals surface area contributed by atoms with Gasteiger partial charge >= 0.3 is 0 Å². The van der Waals surface area contributed by atoms with Crippen LogP contribution in [0.3, 0.4) is 0 Å². The van der Waals surface area contributed by atoms with Gasteiger partial charge in [0.15, 0.2) is 9.84 Å². The summed E-state index contributed by atoms with van der Waals surface area (Å²) in [6.07, 6.45) is 4.01. The summed E-state index contributed by atoms with van der Waals surface area (Å²) in [5.41, 5.74) is 6.75. The van der Waals surface area contributed by atoms with Crippen LogP contribution < -0.4 is 5.73 Å². The second kappa shape index (κ2) is 5.44. The van der Waals surface area contributed by atoms with Crippen molar-refractivity contribution in [3.63, 3.8) is 0 Å². The highest BCUT2D eigenvalue weighted by molar-refractivity contribution is 9.10. The number of nitrogens with two attached hydrogens (primary N) is 1. The van der Waals surface area contributed by atoms with E-state index < -0.39 is 9.84 Å². The number of aromatic nitrogens is 2. The first-order chi connectivity index (χ1) is 8.91. The summed E-state index contributed by atoms with van der Waals surface area (Å²) in [4.78, 5) is 0.195. The standard InChI is InChI=1S/C12H14BrN3O2S/c1-19(17,18)11-7-15-16(8-11)12(6-14)9-3-2-4-10(13)5-9/h2-5,7-8,12H,6,14H2,1H3. The number of sulfone groups is 1. The summed E-state index contributed by atoms with van der Waals surface area (Å²) in [6, 6.07) is 7.52. The highest BCUT2D eigenvalue weighted by Gasteiger charge is 2.16. The molecular weight excluding hydrogens is 330 g/mol. The average Bonchev–Trinajstić information content (AvgIpc) is 2.79. The first-order valence-electron chi connectivity index (χ1n) is 5.61. The maximum absolute atomic E-state index is 11.5. The fourth-order valence-electron chi connectivity index (χ4n) is 1.79. The molecule has 19 heavy (non-hydrogen) atoms. The molecule has 0 spiro atoms. The van der Waals surface area contributed by atoms with Crippen molar-refractivity contribution < 1.29 is 8.42 Å². The topological polar surface area (TPSA) is 78.0 Å². The minimum atomic E-state index is -3.25. The van der Waals surface area contributed by atoms with Crippen LogP contribution >= 0.6 is 15.9 Å². The van der Waals surface area contributed by atoms with Gasteiger partial charge in [0.2, 0.25) is 0 Å². The Morgan fingerprint density at radius 2 is 2.21 bits per heavy atom. The summed E-state index contributed by atoms with van der Waals surface area (Å²) in [5.74, 6) is 0. The van der Waals surface area contributed by atoms with Crippen LogP contribution in [0.5, 0.6) is 0 Å². The van der Waals surface area contributed by atoms with Gasteiger partial charge in [-0.15, -0.1) is 0 Å². The molecule has 1 aromatic heterocycles. The van der Waals surface area contributed by atoms with Crippen LogP contribution in [-0.4, -0.2) is 31.0 Å². The quantitative estimate of drug-likeness (QED) is 0.914. The van der Waals surface area contributed by atoms with Crippen LogP contribution in [0.15, 0.2) is 46.0 Å². The maximum Gasteiger partial charge on any atom is 0.178 e. The molecule has 2 N–H and O–H groups in total. The SMILES string of the molecule is CS(=O)(=O)c1cnn(C(CN)c2cccc(Br)c2)c1. The van der Waals surface area contributed by atoms with Crippen molar-refractivity contribution in [3.8, 4) is 0 Å².